The number of nitrogens with zero attached hydrogens (tertiary/aromatic N) is 1. The minimum atomic E-state index is -0.938. The second kappa shape index (κ2) is 2.81. The number of rotatable bonds is 1. The van der Waals surface area contributed by atoms with Gasteiger partial charge in [-0.15, -0.1) is 0 Å². The van der Waals surface area contributed by atoms with Gasteiger partial charge in [0.1, 0.15) is 11.3 Å². The zero-order chi connectivity index (χ0) is 9.42. The Kier molecular flexibility index (Phi) is 1.77. The lowest BCUT2D eigenvalue weighted by Crippen LogP contribution is -2.38. The Morgan fingerprint density at radius 3 is 3.15 bits per heavy atom. The molecule has 0 radical (unpaired) electrons. The van der Waals surface area contributed by atoms with E-state index >= 15 is 0 Å². The molecule has 0 amide bonds. The highest BCUT2D eigenvalue weighted by molar-refractivity contribution is 6.29. The molecule has 0 aromatic carbocycles. The highest BCUT2D eigenvalue weighted by Crippen LogP contribution is 2.25. The third-order valence-electron chi connectivity index (χ3n) is 1.95. The molecule has 2 aliphatic rings. The minimum absolute atomic E-state index is 0.286. The summed E-state index contributed by atoms with van der Waals surface area (Å²) in [5.74, 6) is -0.938. The van der Waals surface area contributed by atoms with Crippen molar-refractivity contribution < 1.29 is 9.90 Å². The zero-order valence-electron chi connectivity index (χ0n) is 6.57. The summed E-state index contributed by atoms with van der Waals surface area (Å²) >= 11 is 5.81. The first-order chi connectivity index (χ1) is 6.20. The molecule has 0 aromatic rings. The van der Waals surface area contributed by atoms with Crippen LogP contribution in [-0.2, 0) is 4.79 Å². The Balaban J connectivity index is 2.31. The van der Waals surface area contributed by atoms with Crippen LogP contribution in [0.25, 0.3) is 0 Å². The maximum absolute atomic E-state index is 10.8. The molecule has 13 heavy (non-hydrogen) atoms. The lowest BCUT2D eigenvalue weighted by Gasteiger charge is -2.26. The molecule has 0 saturated heterocycles. The van der Waals surface area contributed by atoms with Crippen LogP contribution in [0.3, 0.4) is 0 Å². The first kappa shape index (κ1) is 8.19. The highest BCUT2D eigenvalue weighted by Gasteiger charge is 2.31. The SMILES string of the molecule is O=C(O)C1=CC=CN2C(Cl)=CN[C@@H]12. The summed E-state index contributed by atoms with van der Waals surface area (Å²) < 4.78 is 0. The third kappa shape index (κ3) is 1.19. The second-order valence-corrected chi connectivity index (χ2v) is 3.10. The van der Waals surface area contributed by atoms with E-state index in [1.54, 1.807) is 29.5 Å². The lowest BCUT2D eigenvalue weighted by molar-refractivity contribution is -0.133. The molecule has 2 N–H and O–H groups in total. The van der Waals surface area contributed by atoms with Gasteiger partial charge in [-0.05, 0) is 12.2 Å². The van der Waals surface area contributed by atoms with Crippen molar-refractivity contribution in [3.63, 3.8) is 0 Å². The number of halogens is 1. The molecule has 68 valence electrons. The van der Waals surface area contributed by atoms with Crippen molar-refractivity contribution in [1.29, 1.82) is 0 Å². The molecular weight excluding hydrogens is 192 g/mol. The molecule has 0 saturated carbocycles. The fourth-order valence-electron chi connectivity index (χ4n) is 1.34. The molecule has 0 bridgehead atoms. The van der Waals surface area contributed by atoms with Crippen molar-refractivity contribution in [2.45, 2.75) is 6.17 Å². The first-order valence-electron chi connectivity index (χ1n) is 3.72. The van der Waals surface area contributed by atoms with Crippen LogP contribution in [-0.4, -0.2) is 22.1 Å². The molecule has 2 heterocycles. The van der Waals surface area contributed by atoms with Gasteiger partial charge in [-0.1, -0.05) is 11.6 Å². The van der Waals surface area contributed by atoms with Crippen LogP contribution < -0.4 is 5.32 Å². The number of carboxylic acids is 1. The first-order valence-corrected chi connectivity index (χ1v) is 4.09. The predicted octanol–water partition coefficient (Wildman–Crippen LogP) is 0.794. The maximum Gasteiger partial charge on any atom is 0.335 e. The van der Waals surface area contributed by atoms with Crippen LogP contribution in [0.5, 0.6) is 0 Å². The van der Waals surface area contributed by atoms with Crippen LogP contribution in [0.1, 0.15) is 0 Å². The number of carbonyl (C=O) groups is 1. The summed E-state index contributed by atoms with van der Waals surface area (Å²) in [5.41, 5.74) is 0.286. The number of carboxylic acid groups (broad SMARTS) is 1. The summed E-state index contributed by atoms with van der Waals surface area (Å²) in [5, 5.41) is 12.2. The van der Waals surface area contributed by atoms with Crippen molar-refractivity contribution in [1.82, 2.24) is 10.2 Å². The highest BCUT2D eigenvalue weighted by atomic mass is 35.5. The normalized spacial score (nSPS) is 24.7. The fourth-order valence-corrected chi connectivity index (χ4v) is 1.56. The van der Waals surface area contributed by atoms with Crippen molar-refractivity contribution >= 4 is 17.6 Å². The van der Waals surface area contributed by atoms with Crippen molar-refractivity contribution in [3.05, 3.63) is 35.3 Å². The smallest absolute Gasteiger partial charge is 0.335 e. The molecule has 2 rings (SSSR count). The van der Waals surface area contributed by atoms with E-state index in [1.165, 1.54) is 0 Å². The van der Waals surface area contributed by atoms with Crippen LogP contribution in [0, 0.1) is 0 Å². The summed E-state index contributed by atoms with van der Waals surface area (Å²) in [6.07, 6.45) is 6.16. The van der Waals surface area contributed by atoms with Gasteiger partial charge in [-0.3, -0.25) is 0 Å². The summed E-state index contributed by atoms with van der Waals surface area (Å²) in [6, 6.07) is 0. The van der Waals surface area contributed by atoms with Gasteiger partial charge in [0.2, 0.25) is 0 Å². The molecule has 1 atom stereocenters. The monoisotopic (exact) mass is 198 g/mol. The lowest BCUT2D eigenvalue weighted by atomic mass is 10.1. The largest absolute Gasteiger partial charge is 0.478 e. The molecule has 2 aliphatic heterocycles. The number of hydrogen-bond acceptors (Lipinski definition) is 3. The standard InChI is InChI=1S/C8H7ClN2O2/c9-6-4-10-7-5(8(12)13)2-1-3-11(6)7/h1-4,7,10H,(H,12,13)/t7-/m1/s1. The third-order valence-corrected chi connectivity index (χ3v) is 2.25. The van der Waals surface area contributed by atoms with E-state index in [9.17, 15) is 4.79 Å². The molecule has 5 heteroatoms. The summed E-state index contributed by atoms with van der Waals surface area (Å²) in [4.78, 5) is 12.4. The summed E-state index contributed by atoms with van der Waals surface area (Å²) in [6.45, 7) is 0. The molecule has 0 aliphatic carbocycles. The van der Waals surface area contributed by atoms with Crippen LogP contribution in [0.4, 0.5) is 0 Å². The van der Waals surface area contributed by atoms with Gasteiger partial charge in [0.05, 0.1) is 5.57 Å². The van der Waals surface area contributed by atoms with E-state index < -0.39 is 5.97 Å². The van der Waals surface area contributed by atoms with E-state index in [1.807, 2.05) is 0 Å². The van der Waals surface area contributed by atoms with E-state index in [0.717, 1.165) is 0 Å². The quantitative estimate of drug-likeness (QED) is 0.612. The van der Waals surface area contributed by atoms with E-state index in [0.29, 0.717) is 5.16 Å². The van der Waals surface area contributed by atoms with Gasteiger partial charge < -0.3 is 15.3 Å². The average molecular weight is 199 g/mol. The Labute approximate surface area is 79.8 Å². The minimum Gasteiger partial charge on any atom is -0.478 e. The number of fused-ring (bicyclic) bond motifs is 1. The number of nitrogens with one attached hydrogen (secondary N) is 1. The van der Waals surface area contributed by atoms with Crippen LogP contribution in [0.2, 0.25) is 0 Å². The number of hydrogen-bond donors (Lipinski definition) is 2. The average Bonchev–Trinajstić information content (AvgIpc) is 2.48. The Hall–Kier alpha value is -1.42. The van der Waals surface area contributed by atoms with Gasteiger partial charge in [0.15, 0.2) is 0 Å². The molecular formula is C8H7ClN2O2. The molecule has 4 nitrogen and oxygen atoms in total. The van der Waals surface area contributed by atoms with Crippen molar-refractivity contribution in [2.75, 3.05) is 0 Å². The molecule has 0 fully saturated rings. The molecule has 0 aromatic heterocycles. The predicted molar refractivity (Wildman–Crippen MR) is 47.6 cm³/mol. The van der Waals surface area contributed by atoms with Gasteiger partial charge in [-0.2, -0.15) is 0 Å². The number of aliphatic carboxylic acids is 1. The van der Waals surface area contributed by atoms with Gasteiger partial charge in [0, 0.05) is 12.4 Å². The van der Waals surface area contributed by atoms with Gasteiger partial charge in [0.25, 0.3) is 0 Å². The summed E-state index contributed by atoms with van der Waals surface area (Å²) in [7, 11) is 0. The zero-order valence-corrected chi connectivity index (χ0v) is 7.32. The van der Waals surface area contributed by atoms with E-state index in [4.69, 9.17) is 16.7 Å². The maximum atomic E-state index is 10.8. The fraction of sp³-hybridized carbons (Fsp3) is 0.125. The number of allylic oxidation sites excluding steroid dienone is 2. The molecule has 0 spiro atoms. The Bertz CT molecular complexity index is 346. The van der Waals surface area contributed by atoms with Crippen molar-refractivity contribution in [3.8, 4) is 0 Å². The van der Waals surface area contributed by atoms with Crippen molar-refractivity contribution in [2.24, 2.45) is 0 Å². The second-order valence-electron chi connectivity index (χ2n) is 2.71. The van der Waals surface area contributed by atoms with E-state index in [2.05, 4.69) is 5.32 Å². The van der Waals surface area contributed by atoms with Gasteiger partial charge >= 0.3 is 5.97 Å². The Morgan fingerprint density at radius 2 is 2.46 bits per heavy atom. The van der Waals surface area contributed by atoms with E-state index in [-0.39, 0.29) is 11.7 Å². The van der Waals surface area contributed by atoms with Gasteiger partial charge in [-0.25, -0.2) is 4.79 Å². The Morgan fingerprint density at radius 1 is 1.69 bits per heavy atom. The topological polar surface area (TPSA) is 52.6 Å². The van der Waals surface area contributed by atoms with Crippen LogP contribution in [0.15, 0.2) is 35.3 Å². The van der Waals surface area contributed by atoms with Crippen LogP contribution >= 0.6 is 11.6 Å². The molecule has 0 unspecified atom stereocenters.